The van der Waals surface area contributed by atoms with Crippen molar-refractivity contribution in [2.24, 2.45) is 5.73 Å². The summed E-state index contributed by atoms with van der Waals surface area (Å²) in [5, 5.41) is 4.97. The maximum atomic E-state index is 12.0. The monoisotopic (exact) mass is 521 g/mol. The van der Waals surface area contributed by atoms with E-state index in [-0.39, 0.29) is 10.6 Å². The molecule has 10 heteroatoms. The highest BCUT2D eigenvalue weighted by Gasteiger charge is 2.24. The normalized spacial score (nSPS) is 15.1. The topological polar surface area (TPSA) is 140 Å². The van der Waals surface area contributed by atoms with E-state index in [1.807, 2.05) is 30.3 Å². The van der Waals surface area contributed by atoms with Gasteiger partial charge in [0, 0.05) is 43.5 Å². The fraction of sp³-hybridized carbons (Fsp3) is 0.407. The number of hydrogen-bond donors (Lipinski definition) is 4. The van der Waals surface area contributed by atoms with Crippen LogP contribution < -0.4 is 22.5 Å². The Kier molecular flexibility index (Phi) is 7.50. The molecule has 5 rings (SSSR count). The molecule has 0 saturated carbocycles. The van der Waals surface area contributed by atoms with E-state index >= 15 is 0 Å². The number of pyridine rings is 1. The van der Waals surface area contributed by atoms with E-state index < -0.39 is 5.91 Å². The van der Waals surface area contributed by atoms with Crippen LogP contribution in [0.25, 0.3) is 32.5 Å². The number of para-hydroxylation sites is 1. The summed E-state index contributed by atoms with van der Waals surface area (Å²) in [7, 11) is 2.19. The summed E-state index contributed by atoms with van der Waals surface area (Å²) in [4.78, 5) is 22.6. The number of carbonyl (C=O) groups excluding carboxylic acids is 1. The number of likely N-dealkylation sites (N-methyl/N-ethyl adjacent to an activating group) is 1. The molecule has 0 aliphatic carbocycles. The minimum atomic E-state index is -0.583. The SMILES string of the molecule is CN1CCN(CCCCCCNc2nc3sc(C(N)=O)c(N)c3c(-c3cc4ccccc4o3)c2N)CC1. The molecule has 4 aromatic rings. The predicted octanol–water partition coefficient (Wildman–Crippen LogP) is 4.19. The molecule has 196 valence electrons. The number of piperazine rings is 1. The first kappa shape index (κ1) is 25.3. The minimum absolute atomic E-state index is 0.275. The molecule has 0 unspecified atom stereocenters. The number of anilines is 3. The molecule has 1 fully saturated rings. The van der Waals surface area contributed by atoms with Crippen LogP contribution in [0.5, 0.6) is 0 Å². The number of unbranched alkanes of at least 4 members (excludes halogenated alkanes) is 3. The Hall–Kier alpha value is -3.34. The lowest BCUT2D eigenvalue weighted by atomic mass is 10.1. The van der Waals surface area contributed by atoms with Gasteiger partial charge in [-0.05, 0) is 38.6 Å². The van der Waals surface area contributed by atoms with Crippen LogP contribution in [0.4, 0.5) is 17.2 Å². The number of aromatic nitrogens is 1. The van der Waals surface area contributed by atoms with Gasteiger partial charge in [0.05, 0.1) is 16.9 Å². The lowest BCUT2D eigenvalue weighted by molar-refractivity contribution is 0.100. The number of amides is 1. The Labute approximate surface area is 220 Å². The molecule has 0 bridgehead atoms. The molecule has 1 amide bonds. The van der Waals surface area contributed by atoms with Gasteiger partial charge in [-0.3, -0.25) is 4.79 Å². The number of fused-ring (bicyclic) bond motifs is 2. The zero-order chi connectivity index (χ0) is 25.9. The smallest absolute Gasteiger partial charge is 0.260 e. The summed E-state index contributed by atoms with van der Waals surface area (Å²) in [5.74, 6) is 0.567. The van der Waals surface area contributed by atoms with Crippen molar-refractivity contribution in [3.8, 4) is 11.3 Å². The van der Waals surface area contributed by atoms with Crippen molar-refractivity contribution in [2.45, 2.75) is 25.7 Å². The van der Waals surface area contributed by atoms with Gasteiger partial charge >= 0.3 is 0 Å². The summed E-state index contributed by atoms with van der Waals surface area (Å²) in [6.45, 7) is 6.59. The summed E-state index contributed by atoms with van der Waals surface area (Å²) >= 11 is 1.18. The molecule has 1 aliphatic rings. The number of nitrogen functional groups attached to an aromatic ring is 2. The van der Waals surface area contributed by atoms with Gasteiger partial charge in [0.2, 0.25) is 0 Å². The second kappa shape index (κ2) is 11.0. The van der Waals surface area contributed by atoms with E-state index in [2.05, 4.69) is 22.2 Å². The van der Waals surface area contributed by atoms with Crippen LogP contribution in [0.2, 0.25) is 0 Å². The number of nitrogens with one attached hydrogen (secondary N) is 1. The highest BCUT2D eigenvalue weighted by Crippen LogP contribution is 2.45. The van der Waals surface area contributed by atoms with Crippen molar-refractivity contribution in [3.05, 3.63) is 35.2 Å². The highest BCUT2D eigenvalue weighted by molar-refractivity contribution is 7.21. The average molecular weight is 522 g/mol. The molecule has 1 aromatic carbocycles. The Morgan fingerprint density at radius 2 is 1.84 bits per heavy atom. The second-order valence-corrected chi connectivity index (χ2v) is 10.8. The molecular weight excluding hydrogens is 486 g/mol. The van der Waals surface area contributed by atoms with Crippen LogP contribution in [0.3, 0.4) is 0 Å². The quantitative estimate of drug-likeness (QED) is 0.228. The predicted molar refractivity (Wildman–Crippen MR) is 153 cm³/mol. The molecule has 7 N–H and O–H groups in total. The number of furan rings is 1. The Bertz CT molecular complexity index is 1370. The summed E-state index contributed by atoms with van der Waals surface area (Å²) in [6, 6.07) is 9.69. The number of primary amides is 1. The summed E-state index contributed by atoms with van der Waals surface area (Å²) in [6.07, 6.45) is 4.57. The lowest BCUT2D eigenvalue weighted by Gasteiger charge is -2.32. The molecule has 1 aliphatic heterocycles. The zero-order valence-corrected chi connectivity index (χ0v) is 22.1. The lowest BCUT2D eigenvalue weighted by Crippen LogP contribution is -2.44. The van der Waals surface area contributed by atoms with Gasteiger partial charge in [-0.15, -0.1) is 11.3 Å². The fourth-order valence-electron chi connectivity index (χ4n) is 4.94. The third-order valence-electron chi connectivity index (χ3n) is 7.10. The third-order valence-corrected chi connectivity index (χ3v) is 8.21. The molecule has 1 saturated heterocycles. The van der Waals surface area contributed by atoms with E-state index in [0.29, 0.717) is 33.0 Å². The number of hydrogen-bond acceptors (Lipinski definition) is 9. The Balaban J connectivity index is 1.30. The van der Waals surface area contributed by atoms with Crippen LogP contribution in [0.15, 0.2) is 34.7 Å². The van der Waals surface area contributed by atoms with Crippen molar-refractivity contribution in [1.82, 2.24) is 14.8 Å². The number of thiophene rings is 1. The average Bonchev–Trinajstić information content (AvgIpc) is 3.46. The molecule has 9 nitrogen and oxygen atoms in total. The molecule has 3 aromatic heterocycles. The maximum Gasteiger partial charge on any atom is 0.260 e. The van der Waals surface area contributed by atoms with Crippen LogP contribution >= 0.6 is 11.3 Å². The summed E-state index contributed by atoms with van der Waals surface area (Å²) < 4.78 is 6.14. The highest BCUT2D eigenvalue weighted by atomic mass is 32.1. The van der Waals surface area contributed by atoms with Gasteiger partial charge in [-0.1, -0.05) is 31.0 Å². The first-order valence-corrected chi connectivity index (χ1v) is 13.7. The van der Waals surface area contributed by atoms with Gasteiger partial charge in [0.25, 0.3) is 5.91 Å². The summed E-state index contributed by atoms with van der Waals surface area (Å²) in [5.41, 5.74) is 20.7. The molecule has 4 heterocycles. The van der Waals surface area contributed by atoms with Gasteiger partial charge in [0.1, 0.15) is 21.1 Å². The largest absolute Gasteiger partial charge is 0.456 e. The van der Waals surface area contributed by atoms with Crippen molar-refractivity contribution in [2.75, 3.05) is 63.1 Å². The molecular formula is C27H35N7O2S. The Morgan fingerprint density at radius 3 is 2.59 bits per heavy atom. The minimum Gasteiger partial charge on any atom is -0.456 e. The van der Waals surface area contributed by atoms with Gasteiger partial charge in [-0.25, -0.2) is 4.98 Å². The fourth-order valence-corrected chi connectivity index (χ4v) is 5.89. The maximum absolute atomic E-state index is 12.0. The van der Waals surface area contributed by atoms with Crippen molar-refractivity contribution in [1.29, 1.82) is 0 Å². The number of rotatable bonds is 10. The van der Waals surface area contributed by atoms with E-state index in [1.54, 1.807) is 0 Å². The first-order chi connectivity index (χ1) is 17.9. The van der Waals surface area contributed by atoms with Gasteiger partial charge in [0.15, 0.2) is 5.82 Å². The molecule has 37 heavy (non-hydrogen) atoms. The Morgan fingerprint density at radius 1 is 1.08 bits per heavy atom. The van der Waals surface area contributed by atoms with E-state index in [1.165, 1.54) is 43.8 Å². The van der Waals surface area contributed by atoms with Gasteiger partial charge in [-0.2, -0.15) is 0 Å². The molecule has 0 atom stereocenters. The van der Waals surface area contributed by atoms with E-state index in [4.69, 9.17) is 26.6 Å². The first-order valence-electron chi connectivity index (χ1n) is 12.9. The van der Waals surface area contributed by atoms with E-state index in [9.17, 15) is 4.79 Å². The second-order valence-electron chi connectivity index (χ2n) is 9.77. The van der Waals surface area contributed by atoms with Gasteiger partial charge < -0.3 is 36.7 Å². The van der Waals surface area contributed by atoms with Crippen LogP contribution in [0, 0.1) is 0 Å². The van der Waals surface area contributed by atoms with Crippen molar-refractivity contribution in [3.63, 3.8) is 0 Å². The number of carbonyl (C=O) groups is 1. The zero-order valence-electron chi connectivity index (χ0n) is 21.3. The van der Waals surface area contributed by atoms with Crippen LogP contribution in [0.1, 0.15) is 35.4 Å². The number of benzene rings is 1. The number of nitrogens with two attached hydrogens (primary N) is 3. The van der Waals surface area contributed by atoms with Crippen LogP contribution in [-0.4, -0.2) is 67.0 Å². The number of nitrogens with zero attached hydrogens (tertiary/aromatic N) is 3. The molecule has 0 spiro atoms. The third kappa shape index (κ3) is 5.36. The molecule has 0 radical (unpaired) electrons. The standard InChI is InChI=1S/C27H35N7O2S/c1-33-12-14-34(15-13-33)11-7-3-2-6-10-31-26-23(29)20(19-16-17-8-4-5-9-18(17)36-19)21-22(28)24(25(30)35)37-27(21)32-26/h4-5,8-9,16H,2-3,6-7,10-15,28-29H2,1H3,(H2,30,35)(H,31,32). The van der Waals surface area contributed by atoms with Crippen molar-refractivity contribution < 1.29 is 9.21 Å². The van der Waals surface area contributed by atoms with E-state index in [0.717, 1.165) is 43.4 Å². The van der Waals surface area contributed by atoms with Crippen LogP contribution in [-0.2, 0) is 0 Å². The van der Waals surface area contributed by atoms with Crippen molar-refractivity contribution >= 4 is 55.6 Å².